The van der Waals surface area contributed by atoms with Gasteiger partial charge in [0.25, 0.3) is 0 Å². The summed E-state index contributed by atoms with van der Waals surface area (Å²) in [7, 11) is 1.62. The normalized spacial score (nSPS) is 18.9. The topological polar surface area (TPSA) is 95.1 Å². The van der Waals surface area contributed by atoms with Gasteiger partial charge in [-0.05, 0) is 24.5 Å². The van der Waals surface area contributed by atoms with E-state index < -0.39 is 0 Å². The number of methoxy groups -OCH3 is 1. The zero-order valence-electron chi connectivity index (χ0n) is 13.1. The fourth-order valence-electron chi connectivity index (χ4n) is 2.85. The predicted molar refractivity (Wildman–Crippen MR) is 86.0 cm³/mol. The van der Waals surface area contributed by atoms with Crippen LogP contribution < -0.4 is 11.1 Å². The zero-order valence-corrected chi connectivity index (χ0v) is 13.1. The molecule has 0 radical (unpaired) electrons. The fourth-order valence-corrected chi connectivity index (χ4v) is 2.85. The third-order valence-corrected chi connectivity index (χ3v) is 3.99. The van der Waals surface area contributed by atoms with Crippen LogP contribution in [0.25, 0.3) is 0 Å². The molecule has 2 unspecified atom stereocenters. The van der Waals surface area contributed by atoms with Gasteiger partial charge in [0.15, 0.2) is 0 Å². The maximum Gasteiger partial charge on any atom is 0.249 e. The van der Waals surface area contributed by atoms with Crippen LogP contribution in [0, 0.1) is 0 Å². The Labute approximate surface area is 134 Å². The van der Waals surface area contributed by atoms with Gasteiger partial charge in [-0.3, -0.25) is 4.79 Å². The largest absolute Gasteiger partial charge is 0.383 e. The van der Waals surface area contributed by atoms with E-state index in [1.54, 1.807) is 18.0 Å². The van der Waals surface area contributed by atoms with E-state index in [0.29, 0.717) is 19.4 Å². The maximum atomic E-state index is 12.5. The van der Waals surface area contributed by atoms with E-state index >= 15 is 0 Å². The highest BCUT2D eigenvalue weighted by Gasteiger charge is 2.26. The first-order chi connectivity index (χ1) is 11.2. The Hall–Kier alpha value is -2.25. The lowest BCUT2D eigenvalue weighted by atomic mass is 10.1. The lowest BCUT2D eigenvalue weighted by Crippen LogP contribution is -2.28. The lowest BCUT2D eigenvalue weighted by molar-refractivity contribution is -0.119. The summed E-state index contributed by atoms with van der Waals surface area (Å²) in [6.45, 7) is 0.464. The summed E-state index contributed by atoms with van der Waals surface area (Å²) >= 11 is 0. The van der Waals surface area contributed by atoms with Crippen LogP contribution in [-0.4, -0.2) is 40.7 Å². The summed E-state index contributed by atoms with van der Waals surface area (Å²) in [5.41, 5.74) is 8.72. The monoisotopic (exact) mass is 315 g/mol. The van der Waals surface area contributed by atoms with Crippen molar-refractivity contribution in [2.24, 2.45) is 5.73 Å². The Morgan fingerprint density at radius 2 is 2.30 bits per heavy atom. The molecular weight excluding hydrogens is 294 g/mol. The van der Waals surface area contributed by atoms with E-state index in [-0.39, 0.29) is 18.0 Å². The van der Waals surface area contributed by atoms with Gasteiger partial charge < -0.3 is 15.8 Å². The molecule has 0 saturated carbocycles. The maximum absolute atomic E-state index is 12.5. The Morgan fingerprint density at radius 1 is 1.48 bits per heavy atom. The van der Waals surface area contributed by atoms with E-state index in [9.17, 15) is 4.79 Å². The number of para-hydroxylation sites is 1. The van der Waals surface area contributed by atoms with Crippen LogP contribution in [0.5, 0.6) is 0 Å². The molecule has 1 aliphatic heterocycles. The van der Waals surface area contributed by atoms with Gasteiger partial charge >= 0.3 is 0 Å². The number of aromatic nitrogens is 3. The molecule has 1 aliphatic rings. The highest BCUT2D eigenvalue weighted by Crippen LogP contribution is 2.26. The molecule has 2 atom stereocenters. The number of carbonyl (C=O) groups excluding carboxylic acids is 1. The van der Waals surface area contributed by atoms with Crippen molar-refractivity contribution in [3.05, 3.63) is 41.7 Å². The molecule has 1 amide bonds. The quantitative estimate of drug-likeness (QED) is 0.855. The molecule has 23 heavy (non-hydrogen) atoms. The first-order valence-corrected chi connectivity index (χ1v) is 7.71. The number of fused-ring (bicyclic) bond motifs is 1. The van der Waals surface area contributed by atoms with Crippen LogP contribution >= 0.6 is 0 Å². The van der Waals surface area contributed by atoms with Gasteiger partial charge in [0, 0.05) is 31.5 Å². The highest BCUT2D eigenvalue weighted by molar-refractivity contribution is 5.95. The predicted octanol–water partition coefficient (Wildman–Crippen LogP) is 0.920. The number of anilines is 1. The van der Waals surface area contributed by atoms with Crippen molar-refractivity contribution in [3.63, 3.8) is 0 Å². The second-order valence-corrected chi connectivity index (χ2v) is 5.81. The Morgan fingerprint density at radius 3 is 3.13 bits per heavy atom. The van der Waals surface area contributed by atoms with Crippen LogP contribution in [0.4, 0.5) is 5.69 Å². The second kappa shape index (κ2) is 6.89. The van der Waals surface area contributed by atoms with Crippen LogP contribution in [0.2, 0.25) is 0 Å². The van der Waals surface area contributed by atoms with Gasteiger partial charge in [0.2, 0.25) is 5.91 Å². The molecule has 2 heterocycles. The summed E-state index contributed by atoms with van der Waals surface area (Å²) in [5, 5.41) is 11.2. The van der Waals surface area contributed by atoms with E-state index in [1.807, 2.05) is 24.3 Å². The van der Waals surface area contributed by atoms with Crippen LogP contribution in [-0.2, 0) is 22.4 Å². The number of ether oxygens (including phenoxy) is 1. The molecule has 1 aromatic heterocycles. The first-order valence-electron chi connectivity index (χ1n) is 7.71. The Balaban J connectivity index is 1.73. The van der Waals surface area contributed by atoms with Gasteiger partial charge in [-0.25, -0.2) is 4.68 Å². The minimum Gasteiger partial charge on any atom is -0.383 e. The summed E-state index contributed by atoms with van der Waals surface area (Å²) < 4.78 is 6.66. The molecule has 0 aliphatic carbocycles. The summed E-state index contributed by atoms with van der Waals surface area (Å²) in [5.74, 6) is -0.0624. The number of hydrogen-bond donors (Lipinski definition) is 2. The number of nitrogens with one attached hydrogen (secondary N) is 1. The Kier molecular flexibility index (Phi) is 4.68. The first kappa shape index (κ1) is 15.6. The standard InChI is InChI=1S/C16H21N5O2/c1-23-10-12(17)8-13-9-21(20-19-13)15-7-6-11-4-2-3-5-14(11)18-16(15)22/h2-5,9,12,15H,6-8,10,17H2,1H3,(H,18,22). The average molecular weight is 315 g/mol. The third-order valence-electron chi connectivity index (χ3n) is 3.99. The number of hydrogen-bond acceptors (Lipinski definition) is 5. The van der Waals surface area contributed by atoms with Crippen LogP contribution in [0.15, 0.2) is 30.5 Å². The summed E-state index contributed by atoms with van der Waals surface area (Å²) in [6.07, 6.45) is 3.88. The summed E-state index contributed by atoms with van der Waals surface area (Å²) in [4.78, 5) is 12.5. The number of carbonyl (C=O) groups is 1. The molecule has 3 rings (SSSR count). The molecular formula is C16H21N5O2. The molecule has 7 nitrogen and oxygen atoms in total. The van der Waals surface area contributed by atoms with Crippen molar-refractivity contribution in [1.82, 2.24) is 15.0 Å². The zero-order chi connectivity index (χ0) is 16.2. The van der Waals surface area contributed by atoms with Crippen molar-refractivity contribution in [1.29, 1.82) is 0 Å². The SMILES string of the molecule is COCC(N)Cc1cn(C2CCc3ccccc3NC2=O)nn1. The summed E-state index contributed by atoms with van der Waals surface area (Å²) in [6, 6.07) is 7.38. The molecule has 0 spiro atoms. The van der Waals surface area contributed by atoms with Gasteiger partial charge in [0.05, 0.1) is 12.3 Å². The number of nitrogens with two attached hydrogens (primary N) is 1. The molecule has 7 heteroatoms. The van der Waals surface area contributed by atoms with E-state index in [0.717, 1.165) is 23.4 Å². The second-order valence-electron chi connectivity index (χ2n) is 5.81. The van der Waals surface area contributed by atoms with E-state index in [4.69, 9.17) is 10.5 Å². The minimum absolute atomic E-state index is 0.0624. The fraction of sp³-hybridized carbons (Fsp3) is 0.438. The number of benzene rings is 1. The van der Waals surface area contributed by atoms with Crippen molar-refractivity contribution in [2.45, 2.75) is 31.3 Å². The number of amides is 1. The van der Waals surface area contributed by atoms with Crippen LogP contribution in [0.3, 0.4) is 0 Å². The Bertz CT molecular complexity index is 685. The van der Waals surface area contributed by atoms with Gasteiger partial charge in [-0.15, -0.1) is 5.10 Å². The van der Waals surface area contributed by atoms with E-state index in [1.165, 1.54) is 0 Å². The number of aryl methyl sites for hydroxylation is 1. The molecule has 2 aromatic rings. The molecule has 0 bridgehead atoms. The lowest BCUT2D eigenvalue weighted by Gasteiger charge is -2.12. The van der Waals surface area contributed by atoms with Gasteiger partial charge in [0.1, 0.15) is 6.04 Å². The van der Waals surface area contributed by atoms with E-state index in [2.05, 4.69) is 15.6 Å². The third kappa shape index (κ3) is 3.57. The van der Waals surface area contributed by atoms with Crippen molar-refractivity contribution in [2.75, 3.05) is 19.0 Å². The highest BCUT2D eigenvalue weighted by atomic mass is 16.5. The molecule has 0 fully saturated rings. The molecule has 1 aromatic carbocycles. The van der Waals surface area contributed by atoms with Gasteiger partial charge in [-0.2, -0.15) is 0 Å². The number of rotatable bonds is 5. The van der Waals surface area contributed by atoms with Gasteiger partial charge in [-0.1, -0.05) is 23.4 Å². The van der Waals surface area contributed by atoms with Crippen molar-refractivity contribution in [3.8, 4) is 0 Å². The molecule has 0 saturated heterocycles. The minimum atomic E-state index is -0.359. The molecule has 122 valence electrons. The number of nitrogens with zero attached hydrogens (tertiary/aromatic N) is 3. The van der Waals surface area contributed by atoms with Crippen LogP contribution in [0.1, 0.15) is 23.7 Å². The smallest absolute Gasteiger partial charge is 0.249 e. The van der Waals surface area contributed by atoms with Crippen molar-refractivity contribution >= 4 is 11.6 Å². The average Bonchev–Trinajstić information content (AvgIpc) is 2.90. The molecule has 3 N–H and O–H groups in total. The van der Waals surface area contributed by atoms with Crippen molar-refractivity contribution < 1.29 is 9.53 Å².